The first-order valence-corrected chi connectivity index (χ1v) is 11.3. The summed E-state index contributed by atoms with van der Waals surface area (Å²) in [5.74, 6) is -0.241. The molecule has 1 aromatic rings. The van der Waals surface area contributed by atoms with Crippen molar-refractivity contribution < 1.29 is 19.1 Å². The molecule has 0 aliphatic carbocycles. The highest BCUT2D eigenvalue weighted by Gasteiger charge is 2.28. The van der Waals surface area contributed by atoms with E-state index in [0.717, 1.165) is 30.4 Å². The summed E-state index contributed by atoms with van der Waals surface area (Å²) in [6.07, 6.45) is 3.65. The number of rotatable bonds is 4. The third-order valence-electron chi connectivity index (χ3n) is 5.79. The Morgan fingerprint density at radius 1 is 1.28 bits per heavy atom. The van der Waals surface area contributed by atoms with Gasteiger partial charge in [-0.05, 0) is 75.8 Å². The Morgan fingerprint density at radius 3 is 2.62 bits per heavy atom. The Kier molecular flexibility index (Phi) is 7.57. The van der Waals surface area contributed by atoms with Crippen molar-refractivity contribution in [1.82, 2.24) is 9.80 Å². The summed E-state index contributed by atoms with van der Waals surface area (Å²) in [4.78, 5) is 29.0. The van der Waals surface area contributed by atoms with Gasteiger partial charge in [0.25, 0.3) is 5.91 Å². The Bertz CT molecular complexity index is 920. The lowest BCUT2D eigenvalue weighted by Crippen LogP contribution is -2.43. The maximum absolute atomic E-state index is 13.1. The zero-order valence-corrected chi connectivity index (χ0v) is 19.5. The molecule has 0 atom stereocenters. The molecule has 2 aliphatic rings. The number of carbonyl (C=O) groups is 2. The van der Waals surface area contributed by atoms with Gasteiger partial charge in [-0.3, -0.25) is 4.79 Å². The molecule has 2 aliphatic heterocycles. The highest BCUT2D eigenvalue weighted by atomic mass is 16.6. The van der Waals surface area contributed by atoms with Crippen LogP contribution in [0, 0.1) is 11.3 Å². The minimum atomic E-state index is -0.542. The van der Waals surface area contributed by atoms with Crippen LogP contribution in [0.25, 0.3) is 6.08 Å². The third kappa shape index (κ3) is 5.89. The zero-order chi connectivity index (χ0) is 23.3. The van der Waals surface area contributed by atoms with Gasteiger partial charge in [0.2, 0.25) is 0 Å². The Morgan fingerprint density at radius 2 is 2.00 bits per heavy atom. The van der Waals surface area contributed by atoms with Gasteiger partial charge < -0.3 is 19.3 Å². The second-order valence-electron chi connectivity index (χ2n) is 9.28. The van der Waals surface area contributed by atoms with Crippen LogP contribution in [0.3, 0.4) is 0 Å². The SMILES string of the molecule is CCN(C(=O)C(C#N)=Cc1ccc2c(c1)CN(C(=O)OC(C)(C)C)CC2)C1CCOCC1. The topological polar surface area (TPSA) is 82.9 Å². The number of ether oxygens (including phenoxy) is 2. The van der Waals surface area contributed by atoms with Crippen LogP contribution in [0.15, 0.2) is 23.8 Å². The van der Waals surface area contributed by atoms with E-state index in [4.69, 9.17) is 9.47 Å². The molecule has 1 saturated heterocycles. The van der Waals surface area contributed by atoms with Crippen molar-refractivity contribution in [2.24, 2.45) is 0 Å². The Hall–Kier alpha value is -2.85. The number of amides is 2. The minimum absolute atomic E-state index is 0.101. The molecule has 3 rings (SSSR count). The second kappa shape index (κ2) is 10.2. The molecule has 1 fully saturated rings. The van der Waals surface area contributed by atoms with E-state index in [1.54, 1.807) is 15.9 Å². The van der Waals surface area contributed by atoms with E-state index in [1.807, 2.05) is 45.9 Å². The van der Waals surface area contributed by atoms with Gasteiger partial charge in [0.15, 0.2) is 0 Å². The Labute approximate surface area is 190 Å². The number of likely N-dealkylation sites (N-methyl/N-ethyl adjacent to an activating group) is 1. The largest absolute Gasteiger partial charge is 0.444 e. The first-order chi connectivity index (χ1) is 15.2. The fraction of sp³-hybridized carbons (Fsp3) is 0.560. The maximum atomic E-state index is 13.1. The van der Waals surface area contributed by atoms with Crippen molar-refractivity contribution in [1.29, 1.82) is 5.26 Å². The molecule has 7 heteroatoms. The van der Waals surface area contributed by atoms with E-state index in [1.165, 1.54) is 5.56 Å². The number of fused-ring (bicyclic) bond motifs is 1. The number of hydrogen-bond donors (Lipinski definition) is 0. The van der Waals surface area contributed by atoms with Gasteiger partial charge in [-0.25, -0.2) is 4.79 Å². The number of nitriles is 1. The highest BCUT2D eigenvalue weighted by Crippen LogP contribution is 2.24. The molecule has 0 spiro atoms. The molecule has 32 heavy (non-hydrogen) atoms. The van der Waals surface area contributed by atoms with E-state index < -0.39 is 5.60 Å². The van der Waals surface area contributed by atoms with E-state index >= 15 is 0 Å². The van der Waals surface area contributed by atoms with Crippen molar-refractivity contribution >= 4 is 18.1 Å². The molecule has 0 N–H and O–H groups in total. The lowest BCUT2D eigenvalue weighted by molar-refractivity contribution is -0.130. The van der Waals surface area contributed by atoms with Crippen molar-refractivity contribution in [3.05, 3.63) is 40.5 Å². The van der Waals surface area contributed by atoms with Gasteiger partial charge >= 0.3 is 6.09 Å². The van der Waals surface area contributed by atoms with Crippen molar-refractivity contribution in [3.8, 4) is 6.07 Å². The van der Waals surface area contributed by atoms with Gasteiger partial charge in [-0.15, -0.1) is 0 Å². The first kappa shape index (κ1) is 23.8. The smallest absolute Gasteiger partial charge is 0.410 e. The summed E-state index contributed by atoms with van der Waals surface area (Å²) in [5.41, 5.74) is 2.54. The second-order valence-corrected chi connectivity index (χ2v) is 9.28. The summed E-state index contributed by atoms with van der Waals surface area (Å²) >= 11 is 0. The molecule has 0 radical (unpaired) electrons. The summed E-state index contributed by atoms with van der Waals surface area (Å²) in [5, 5.41) is 9.70. The summed E-state index contributed by atoms with van der Waals surface area (Å²) in [6, 6.07) is 8.10. The van der Waals surface area contributed by atoms with Gasteiger partial charge in [0, 0.05) is 38.9 Å². The van der Waals surface area contributed by atoms with E-state index in [9.17, 15) is 14.9 Å². The molecular formula is C25H33N3O4. The van der Waals surface area contributed by atoms with Gasteiger partial charge in [-0.1, -0.05) is 12.1 Å². The normalized spacial score (nSPS) is 17.3. The molecule has 0 bridgehead atoms. The van der Waals surface area contributed by atoms with Crippen LogP contribution in [0.4, 0.5) is 4.79 Å². The number of hydrogen-bond acceptors (Lipinski definition) is 5. The Balaban J connectivity index is 1.78. The lowest BCUT2D eigenvalue weighted by atomic mass is 9.96. The quantitative estimate of drug-likeness (QED) is 0.525. The molecule has 0 saturated carbocycles. The average Bonchev–Trinajstić information content (AvgIpc) is 2.77. The van der Waals surface area contributed by atoms with Gasteiger partial charge in [-0.2, -0.15) is 5.26 Å². The average molecular weight is 440 g/mol. The van der Waals surface area contributed by atoms with Crippen LogP contribution >= 0.6 is 0 Å². The van der Waals surface area contributed by atoms with E-state index in [0.29, 0.717) is 32.8 Å². The summed E-state index contributed by atoms with van der Waals surface area (Å²) in [7, 11) is 0. The highest BCUT2D eigenvalue weighted by molar-refractivity contribution is 6.01. The molecule has 7 nitrogen and oxygen atoms in total. The molecule has 1 aromatic carbocycles. The third-order valence-corrected chi connectivity index (χ3v) is 5.79. The first-order valence-electron chi connectivity index (χ1n) is 11.3. The van der Waals surface area contributed by atoms with Crippen molar-refractivity contribution in [3.63, 3.8) is 0 Å². The predicted molar refractivity (Wildman–Crippen MR) is 122 cm³/mol. The minimum Gasteiger partial charge on any atom is -0.444 e. The monoisotopic (exact) mass is 439 g/mol. The lowest BCUT2D eigenvalue weighted by Gasteiger charge is -2.33. The van der Waals surface area contributed by atoms with Gasteiger partial charge in [0.1, 0.15) is 17.2 Å². The van der Waals surface area contributed by atoms with Crippen molar-refractivity contribution in [2.75, 3.05) is 26.3 Å². The molecule has 0 unspecified atom stereocenters. The zero-order valence-electron chi connectivity index (χ0n) is 19.5. The van der Waals surface area contributed by atoms with E-state index in [2.05, 4.69) is 6.07 Å². The van der Waals surface area contributed by atoms with Gasteiger partial charge in [0.05, 0.1) is 0 Å². The molecule has 0 aromatic heterocycles. The van der Waals surface area contributed by atoms with E-state index in [-0.39, 0.29) is 23.6 Å². The van der Waals surface area contributed by atoms with Crippen LogP contribution in [0.5, 0.6) is 0 Å². The van der Waals surface area contributed by atoms with Crippen LogP contribution in [-0.4, -0.2) is 59.7 Å². The fourth-order valence-electron chi connectivity index (χ4n) is 4.18. The predicted octanol–water partition coefficient (Wildman–Crippen LogP) is 3.91. The summed E-state index contributed by atoms with van der Waals surface area (Å²) in [6.45, 7) is 10.4. The van der Waals surface area contributed by atoms with Crippen molar-refractivity contribution in [2.45, 2.75) is 65.1 Å². The number of nitrogens with zero attached hydrogens (tertiary/aromatic N) is 3. The fourth-order valence-corrected chi connectivity index (χ4v) is 4.18. The number of benzene rings is 1. The van der Waals surface area contributed by atoms with Crippen LogP contribution in [-0.2, 0) is 27.2 Å². The molecule has 2 amide bonds. The van der Waals surface area contributed by atoms with Crippen LogP contribution in [0.1, 0.15) is 57.2 Å². The molecular weight excluding hydrogens is 406 g/mol. The van der Waals surface area contributed by atoms with Crippen LogP contribution < -0.4 is 0 Å². The molecule has 2 heterocycles. The standard InChI is InChI=1S/C25H33N3O4/c1-5-28(22-9-12-31-13-10-22)23(29)20(16-26)14-18-6-7-19-8-11-27(17-21(19)15-18)24(30)32-25(2,3)4/h6-7,14-15,22H,5,8-13,17H2,1-4H3. The molecule has 172 valence electrons. The summed E-state index contributed by atoms with van der Waals surface area (Å²) < 4.78 is 10.9. The van der Waals surface area contributed by atoms with Crippen LogP contribution in [0.2, 0.25) is 0 Å². The number of carbonyl (C=O) groups excluding carboxylic acids is 2. The maximum Gasteiger partial charge on any atom is 0.410 e.